The van der Waals surface area contributed by atoms with Crippen molar-refractivity contribution in [3.05, 3.63) is 78.5 Å². The molecule has 198 valence electrons. The van der Waals surface area contributed by atoms with Gasteiger partial charge in [-0.2, -0.15) is 0 Å². The summed E-state index contributed by atoms with van der Waals surface area (Å²) in [6.45, 7) is 0.189. The van der Waals surface area contributed by atoms with Gasteiger partial charge in [-0.1, -0.05) is 60.7 Å². The first-order chi connectivity index (χ1) is 18.1. The van der Waals surface area contributed by atoms with E-state index in [0.29, 0.717) is 11.3 Å². The molecule has 1 aliphatic rings. The van der Waals surface area contributed by atoms with Gasteiger partial charge in [0, 0.05) is 31.7 Å². The molecule has 0 spiro atoms. The van der Waals surface area contributed by atoms with Crippen LogP contribution in [0.3, 0.4) is 0 Å². The predicted octanol–water partition coefficient (Wildman–Crippen LogP) is 2.51. The van der Waals surface area contributed by atoms with Gasteiger partial charge in [-0.3, -0.25) is 14.2 Å². The Morgan fingerprint density at radius 1 is 0.842 bits per heavy atom. The molecule has 38 heavy (non-hydrogen) atoms. The van der Waals surface area contributed by atoms with E-state index in [0.717, 1.165) is 16.0 Å². The zero-order valence-corrected chi connectivity index (χ0v) is 21.2. The molecule has 1 aromatic heterocycles. The normalized spacial score (nSPS) is 14.6. The number of carbonyl (C=O) groups excluding carboxylic acids is 2. The number of carbonyl (C=O) groups is 3. The number of piperazine rings is 1. The van der Waals surface area contributed by atoms with Crippen LogP contribution >= 0.6 is 7.60 Å². The van der Waals surface area contributed by atoms with Crippen molar-refractivity contribution in [1.29, 1.82) is 0 Å². The average molecular weight is 538 g/mol. The summed E-state index contributed by atoms with van der Waals surface area (Å²) in [5.41, 5.74) is 2.79. The maximum Gasteiger partial charge on any atom is 0.407 e. The fraction of sp³-hybridized carbons (Fsp3) is 0.231. The van der Waals surface area contributed by atoms with Crippen LogP contribution in [0, 0.1) is 0 Å². The van der Waals surface area contributed by atoms with Gasteiger partial charge < -0.3 is 30.0 Å². The highest BCUT2D eigenvalue weighted by Gasteiger charge is 2.34. The Bertz CT molecular complexity index is 1300. The van der Waals surface area contributed by atoms with E-state index in [-0.39, 0.29) is 31.9 Å². The van der Waals surface area contributed by atoms with Gasteiger partial charge in [0.15, 0.2) is 0 Å². The van der Waals surface area contributed by atoms with Crippen LogP contribution in [0.15, 0.2) is 72.8 Å². The van der Waals surface area contributed by atoms with Crippen molar-refractivity contribution in [2.24, 2.45) is 0 Å². The Hall–Kier alpha value is -4.05. The molecule has 4 rings (SSSR count). The number of amides is 3. The molecule has 3 aromatic rings. The third-order valence-corrected chi connectivity index (χ3v) is 6.96. The van der Waals surface area contributed by atoms with Crippen LogP contribution in [0.25, 0.3) is 22.4 Å². The molecule has 2 aromatic carbocycles. The van der Waals surface area contributed by atoms with Crippen LogP contribution in [-0.2, 0) is 9.36 Å². The molecule has 1 aliphatic heterocycles. The van der Waals surface area contributed by atoms with Gasteiger partial charge in [0.05, 0.1) is 11.9 Å². The summed E-state index contributed by atoms with van der Waals surface area (Å²) in [7, 11) is -4.70. The molecule has 3 amide bonds. The first-order valence-electron chi connectivity index (χ1n) is 11.9. The summed E-state index contributed by atoms with van der Waals surface area (Å²) in [6, 6.07) is 20.4. The SMILES string of the molecule is O=C(N[C@@H](CP(=O)(O)O)C(=O)N1CCN(C(=O)O)CC1)c1cc(-c2ccccc2)cc(-c2ccccc2)n1. The first-order valence-corrected chi connectivity index (χ1v) is 13.7. The molecule has 0 unspecified atom stereocenters. The van der Waals surface area contributed by atoms with E-state index in [1.807, 2.05) is 66.7 Å². The third kappa shape index (κ3) is 6.83. The molecule has 1 atom stereocenters. The van der Waals surface area contributed by atoms with Crippen molar-refractivity contribution in [3.8, 4) is 22.4 Å². The van der Waals surface area contributed by atoms with Crippen LogP contribution < -0.4 is 5.32 Å². The van der Waals surface area contributed by atoms with E-state index in [2.05, 4.69) is 10.3 Å². The predicted molar refractivity (Wildman–Crippen MR) is 139 cm³/mol. The van der Waals surface area contributed by atoms with Crippen LogP contribution in [-0.4, -0.2) is 86.0 Å². The highest BCUT2D eigenvalue weighted by Crippen LogP contribution is 2.35. The maximum atomic E-state index is 13.4. The average Bonchev–Trinajstić information content (AvgIpc) is 2.92. The maximum absolute atomic E-state index is 13.4. The Kier molecular flexibility index (Phi) is 8.21. The minimum atomic E-state index is -4.70. The summed E-state index contributed by atoms with van der Waals surface area (Å²) in [5.74, 6) is -1.47. The van der Waals surface area contributed by atoms with Crippen molar-refractivity contribution in [2.45, 2.75) is 6.04 Å². The van der Waals surface area contributed by atoms with Crippen molar-refractivity contribution in [2.75, 3.05) is 32.3 Å². The number of carboxylic acid groups (broad SMARTS) is 1. The number of benzene rings is 2. The summed E-state index contributed by atoms with van der Waals surface area (Å²) in [4.78, 5) is 63.8. The highest BCUT2D eigenvalue weighted by atomic mass is 31.2. The van der Waals surface area contributed by atoms with Gasteiger partial charge in [0.1, 0.15) is 11.7 Å². The van der Waals surface area contributed by atoms with Crippen LogP contribution in [0.4, 0.5) is 4.79 Å². The summed E-state index contributed by atoms with van der Waals surface area (Å²) < 4.78 is 11.8. The molecule has 0 radical (unpaired) electrons. The van der Waals surface area contributed by atoms with Crippen LogP contribution in [0.5, 0.6) is 0 Å². The Morgan fingerprint density at radius 3 is 1.95 bits per heavy atom. The Labute approximate surface area is 218 Å². The van der Waals surface area contributed by atoms with Crippen molar-refractivity contribution in [3.63, 3.8) is 0 Å². The van der Waals surface area contributed by atoms with E-state index in [9.17, 15) is 28.7 Å². The van der Waals surface area contributed by atoms with Crippen molar-refractivity contribution >= 4 is 25.5 Å². The van der Waals surface area contributed by atoms with Gasteiger partial charge in [-0.05, 0) is 23.3 Å². The highest BCUT2D eigenvalue weighted by molar-refractivity contribution is 7.51. The van der Waals surface area contributed by atoms with Crippen molar-refractivity contribution < 1.29 is 33.8 Å². The van der Waals surface area contributed by atoms with Gasteiger partial charge in [0.2, 0.25) is 5.91 Å². The molecule has 11 nitrogen and oxygen atoms in total. The second-order valence-corrected chi connectivity index (χ2v) is 10.5. The van der Waals surface area contributed by atoms with Gasteiger partial charge >= 0.3 is 13.7 Å². The quantitative estimate of drug-likeness (QED) is 0.334. The van der Waals surface area contributed by atoms with Gasteiger partial charge in [-0.25, -0.2) is 9.78 Å². The Morgan fingerprint density at radius 2 is 1.39 bits per heavy atom. The molecule has 0 bridgehead atoms. The topological polar surface area (TPSA) is 160 Å². The lowest BCUT2D eigenvalue weighted by Gasteiger charge is -2.35. The first kappa shape index (κ1) is 27.0. The van der Waals surface area contributed by atoms with Crippen LogP contribution in [0.1, 0.15) is 10.5 Å². The Balaban J connectivity index is 1.63. The molecular formula is C26H27N4O7P. The molecule has 2 heterocycles. The second-order valence-electron chi connectivity index (χ2n) is 8.83. The lowest BCUT2D eigenvalue weighted by molar-refractivity contribution is -0.134. The molecule has 1 fully saturated rings. The fourth-order valence-electron chi connectivity index (χ4n) is 4.19. The van der Waals surface area contributed by atoms with E-state index < -0.39 is 37.7 Å². The summed E-state index contributed by atoms with van der Waals surface area (Å²) in [5, 5.41) is 11.6. The number of aromatic nitrogens is 1. The van der Waals surface area contributed by atoms with Crippen molar-refractivity contribution in [1.82, 2.24) is 20.1 Å². The minimum absolute atomic E-state index is 0.0237. The number of nitrogens with zero attached hydrogens (tertiary/aromatic N) is 3. The largest absolute Gasteiger partial charge is 0.465 e. The zero-order valence-electron chi connectivity index (χ0n) is 20.3. The summed E-state index contributed by atoms with van der Waals surface area (Å²) >= 11 is 0. The molecule has 0 saturated carbocycles. The van der Waals surface area contributed by atoms with E-state index in [1.54, 1.807) is 6.07 Å². The second kappa shape index (κ2) is 11.6. The van der Waals surface area contributed by atoms with Gasteiger partial charge in [0.25, 0.3) is 5.91 Å². The number of pyridine rings is 1. The third-order valence-electron chi connectivity index (χ3n) is 6.12. The molecule has 0 aliphatic carbocycles. The summed E-state index contributed by atoms with van der Waals surface area (Å²) in [6.07, 6.45) is -2.02. The molecule has 12 heteroatoms. The fourth-order valence-corrected chi connectivity index (χ4v) is 4.92. The number of nitrogens with one attached hydrogen (secondary N) is 1. The van der Waals surface area contributed by atoms with E-state index >= 15 is 0 Å². The standard InChI is InChI=1S/C26H27N4O7P/c31-24(28-23(17-38(35,36)37)25(32)29-11-13-30(14-12-29)26(33)34)22-16-20(18-7-3-1-4-8-18)15-21(27-22)19-9-5-2-6-10-19/h1-10,15-16,23H,11-14,17H2,(H,28,31)(H,33,34)(H2,35,36,37)/t23-/m0/s1. The molecule has 1 saturated heterocycles. The molecule has 4 N–H and O–H groups in total. The van der Waals surface area contributed by atoms with E-state index in [4.69, 9.17) is 5.11 Å². The minimum Gasteiger partial charge on any atom is -0.465 e. The smallest absolute Gasteiger partial charge is 0.407 e. The number of rotatable bonds is 7. The lowest BCUT2D eigenvalue weighted by Crippen LogP contribution is -2.56. The lowest BCUT2D eigenvalue weighted by atomic mass is 10.0. The zero-order chi connectivity index (χ0) is 27.3. The molecular weight excluding hydrogens is 511 g/mol. The number of hydrogen-bond acceptors (Lipinski definition) is 5. The van der Waals surface area contributed by atoms with Crippen LogP contribution in [0.2, 0.25) is 0 Å². The monoisotopic (exact) mass is 538 g/mol. The number of hydrogen-bond donors (Lipinski definition) is 4. The van der Waals surface area contributed by atoms with E-state index in [1.165, 1.54) is 4.90 Å². The van der Waals surface area contributed by atoms with Gasteiger partial charge in [-0.15, -0.1) is 0 Å².